The van der Waals surface area contributed by atoms with Gasteiger partial charge in [0.25, 0.3) is 11.5 Å². The van der Waals surface area contributed by atoms with Gasteiger partial charge in [-0.2, -0.15) is 0 Å². The van der Waals surface area contributed by atoms with Crippen molar-refractivity contribution in [1.82, 2.24) is 14.4 Å². The Morgan fingerprint density at radius 2 is 1.71 bits per heavy atom. The van der Waals surface area contributed by atoms with E-state index in [2.05, 4.69) is 13.8 Å². The number of aromatic nitrogens is 1. The second-order valence-electron chi connectivity index (χ2n) is 12.2. The zero-order chi connectivity index (χ0) is 27.7. The number of carbonyl (C=O) groups excluding carboxylic acids is 2. The molecule has 2 heterocycles. The molecule has 2 atom stereocenters. The average Bonchev–Trinajstić information content (AvgIpc) is 3.36. The number of carbonyl (C=O) groups is 2. The highest BCUT2D eigenvalue weighted by atomic mass is 16.3. The molecule has 206 valence electrons. The molecule has 0 radical (unpaired) electrons. The maximum Gasteiger partial charge on any atom is 0.255 e. The number of hydrogen-bond acceptors (Lipinski definition) is 4. The third kappa shape index (κ3) is 5.44. The maximum atomic E-state index is 13.4. The van der Waals surface area contributed by atoms with E-state index in [9.17, 15) is 19.5 Å². The standard InChI is InChI=1S/C31H43N3O4/c1-22(2)17-23(3)28(36)33-16-15-31(38,30(20-33)13-9-10-14-30)21-34-19-26(29(37)32(4)5)25(18-27(34)35)24-11-7-6-8-12-24/h6-8,11-12,18-19,22-23,38H,9-10,13-17,20-21H2,1-5H3. The summed E-state index contributed by atoms with van der Waals surface area (Å²) in [4.78, 5) is 43.3. The number of nitrogens with zero attached hydrogens (tertiary/aromatic N) is 3. The summed E-state index contributed by atoms with van der Waals surface area (Å²) in [6.45, 7) is 7.37. The van der Waals surface area contributed by atoms with Crippen molar-refractivity contribution in [3.05, 3.63) is 58.5 Å². The summed E-state index contributed by atoms with van der Waals surface area (Å²) in [5.41, 5.74) is -0.0208. The molecule has 2 unspecified atom stereocenters. The van der Waals surface area contributed by atoms with Gasteiger partial charge in [-0.25, -0.2) is 0 Å². The first kappa shape index (κ1) is 28.1. The first-order valence-electron chi connectivity index (χ1n) is 14.0. The number of piperidine rings is 1. The fraction of sp³-hybridized carbons (Fsp3) is 0.581. The molecule has 1 aromatic heterocycles. The molecule has 38 heavy (non-hydrogen) atoms. The smallest absolute Gasteiger partial charge is 0.255 e. The minimum absolute atomic E-state index is 0.0487. The first-order chi connectivity index (χ1) is 18.0. The quantitative estimate of drug-likeness (QED) is 0.585. The van der Waals surface area contributed by atoms with Gasteiger partial charge in [-0.3, -0.25) is 14.4 Å². The first-order valence-corrected chi connectivity index (χ1v) is 14.0. The predicted octanol–water partition coefficient (Wildman–Crippen LogP) is 4.42. The Hall–Kier alpha value is -2.93. The van der Waals surface area contributed by atoms with Gasteiger partial charge in [0.1, 0.15) is 0 Å². The third-order valence-corrected chi connectivity index (χ3v) is 8.67. The van der Waals surface area contributed by atoms with Crippen LogP contribution < -0.4 is 5.56 Å². The topological polar surface area (TPSA) is 82.8 Å². The van der Waals surface area contributed by atoms with Gasteiger partial charge in [-0.15, -0.1) is 0 Å². The molecule has 0 bridgehead atoms. The molecule has 1 aliphatic carbocycles. The van der Waals surface area contributed by atoms with Crippen LogP contribution in [0.4, 0.5) is 0 Å². The van der Waals surface area contributed by atoms with Gasteiger partial charge in [0, 0.05) is 56.3 Å². The lowest BCUT2D eigenvalue weighted by Crippen LogP contribution is -2.62. The lowest BCUT2D eigenvalue weighted by molar-refractivity contribution is -0.163. The predicted molar refractivity (Wildman–Crippen MR) is 150 cm³/mol. The Morgan fingerprint density at radius 1 is 1.05 bits per heavy atom. The molecular formula is C31H43N3O4. The number of likely N-dealkylation sites (tertiary alicyclic amines) is 1. The van der Waals surface area contributed by atoms with E-state index in [1.165, 1.54) is 15.5 Å². The Bertz CT molecular complexity index is 1210. The summed E-state index contributed by atoms with van der Waals surface area (Å²) in [6.07, 6.45) is 6.53. The van der Waals surface area contributed by atoms with Crippen molar-refractivity contribution in [2.75, 3.05) is 27.2 Å². The minimum Gasteiger partial charge on any atom is -0.387 e. The zero-order valence-corrected chi connectivity index (χ0v) is 23.6. The highest BCUT2D eigenvalue weighted by Gasteiger charge is 2.55. The Morgan fingerprint density at radius 3 is 2.32 bits per heavy atom. The molecule has 1 saturated heterocycles. The SMILES string of the molecule is CC(C)CC(C)C(=O)N1CCC(O)(Cn2cc(C(=O)N(C)C)c(-c3ccccc3)cc2=O)C2(CCCC2)C1. The second-order valence-corrected chi connectivity index (χ2v) is 12.2. The van der Waals surface area contributed by atoms with Crippen molar-refractivity contribution < 1.29 is 14.7 Å². The van der Waals surface area contributed by atoms with Crippen LogP contribution >= 0.6 is 0 Å². The zero-order valence-electron chi connectivity index (χ0n) is 23.6. The van der Waals surface area contributed by atoms with Crippen LogP contribution in [-0.4, -0.2) is 64.1 Å². The van der Waals surface area contributed by atoms with Gasteiger partial charge in [-0.05, 0) is 37.2 Å². The van der Waals surface area contributed by atoms with Gasteiger partial charge >= 0.3 is 0 Å². The van der Waals surface area contributed by atoms with Gasteiger partial charge in [0.15, 0.2) is 0 Å². The van der Waals surface area contributed by atoms with Crippen LogP contribution in [0.5, 0.6) is 0 Å². The van der Waals surface area contributed by atoms with Gasteiger partial charge in [0.05, 0.1) is 17.7 Å². The Balaban J connectivity index is 1.68. The average molecular weight is 522 g/mol. The molecule has 2 fully saturated rings. The van der Waals surface area contributed by atoms with Crippen LogP contribution in [0.1, 0.15) is 69.7 Å². The minimum atomic E-state index is -1.14. The molecule has 1 spiro atoms. The molecule has 2 aliphatic rings. The van der Waals surface area contributed by atoms with Crippen LogP contribution in [0, 0.1) is 17.3 Å². The van der Waals surface area contributed by atoms with Crippen molar-refractivity contribution in [3.63, 3.8) is 0 Å². The molecule has 4 rings (SSSR count). The van der Waals surface area contributed by atoms with Gasteiger partial charge < -0.3 is 19.5 Å². The molecule has 2 amide bonds. The van der Waals surface area contributed by atoms with E-state index in [0.29, 0.717) is 36.6 Å². The highest BCUT2D eigenvalue weighted by Crippen LogP contribution is 2.51. The van der Waals surface area contributed by atoms with Gasteiger partial charge in [-0.1, -0.05) is 63.9 Å². The van der Waals surface area contributed by atoms with E-state index >= 15 is 0 Å². The molecule has 1 saturated carbocycles. The number of rotatable bonds is 7. The second kappa shape index (κ2) is 11.0. The summed E-state index contributed by atoms with van der Waals surface area (Å²) >= 11 is 0. The van der Waals surface area contributed by atoms with Crippen molar-refractivity contribution >= 4 is 11.8 Å². The largest absolute Gasteiger partial charge is 0.387 e. The number of benzene rings is 1. The third-order valence-electron chi connectivity index (χ3n) is 8.67. The van der Waals surface area contributed by atoms with Crippen LogP contribution in [-0.2, 0) is 11.3 Å². The van der Waals surface area contributed by atoms with Crippen LogP contribution in [0.2, 0.25) is 0 Å². The Labute approximate surface area is 226 Å². The monoisotopic (exact) mass is 521 g/mol. The fourth-order valence-corrected chi connectivity index (χ4v) is 6.65. The summed E-state index contributed by atoms with van der Waals surface area (Å²) < 4.78 is 1.52. The lowest BCUT2D eigenvalue weighted by Gasteiger charge is -2.52. The number of pyridine rings is 1. The normalized spacial score (nSPS) is 21.6. The summed E-state index contributed by atoms with van der Waals surface area (Å²) in [6, 6.07) is 11.0. The van der Waals surface area contributed by atoms with E-state index in [4.69, 9.17) is 0 Å². The lowest BCUT2D eigenvalue weighted by atomic mass is 9.65. The van der Waals surface area contributed by atoms with Gasteiger partial charge in [0.2, 0.25) is 5.91 Å². The van der Waals surface area contributed by atoms with Crippen molar-refractivity contribution in [2.45, 2.75) is 71.4 Å². The number of hydrogen-bond donors (Lipinski definition) is 1. The molecule has 7 heteroatoms. The molecule has 1 N–H and O–H groups in total. The molecule has 7 nitrogen and oxygen atoms in total. The van der Waals surface area contributed by atoms with Crippen LogP contribution in [0.25, 0.3) is 11.1 Å². The van der Waals surface area contributed by atoms with Crippen LogP contribution in [0.3, 0.4) is 0 Å². The van der Waals surface area contributed by atoms with E-state index in [-0.39, 0.29) is 29.8 Å². The number of amides is 2. The molecule has 2 aromatic rings. The van der Waals surface area contributed by atoms with Crippen molar-refractivity contribution in [1.29, 1.82) is 0 Å². The van der Waals surface area contributed by atoms with E-state index < -0.39 is 11.0 Å². The Kier molecular flexibility index (Phi) is 8.17. The number of aliphatic hydroxyl groups is 1. The van der Waals surface area contributed by atoms with E-state index in [0.717, 1.165) is 37.7 Å². The van der Waals surface area contributed by atoms with Crippen LogP contribution in [0.15, 0.2) is 47.4 Å². The fourth-order valence-electron chi connectivity index (χ4n) is 6.65. The van der Waals surface area contributed by atoms with Crippen molar-refractivity contribution in [3.8, 4) is 11.1 Å². The summed E-state index contributed by atoms with van der Waals surface area (Å²) in [5, 5.41) is 12.2. The summed E-state index contributed by atoms with van der Waals surface area (Å²) in [7, 11) is 3.39. The molecule has 1 aliphatic heterocycles. The maximum absolute atomic E-state index is 13.4. The molecule has 1 aromatic carbocycles. The van der Waals surface area contributed by atoms with Crippen molar-refractivity contribution in [2.24, 2.45) is 17.3 Å². The molecular weight excluding hydrogens is 478 g/mol. The van der Waals surface area contributed by atoms with E-state index in [1.54, 1.807) is 20.3 Å². The highest BCUT2D eigenvalue weighted by molar-refractivity contribution is 6.00. The van der Waals surface area contributed by atoms with E-state index in [1.807, 2.05) is 42.2 Å². The summed E-state index contributed by atoms with van der Waals surface area (Å²) in [5.74, 6) is 0.364.